The highest BCUT2D eigenvalue weighted by Crippen LogP contribution is 2.24. The van der Waals surface area contributed by atoms with Crippen LogP contribution < -0.4 is 0 Å². The normalized spacial score (nSPS) is 12.8. The van der Waals surface area contributed by atoms with Crippen LogP contribution in [0.5, 0.6) is 0 Å². The molecular weight excluding hydrogens is 338 g/mol. The van der Waals surface area contributed by atoms with Gasteiger partial charge in [-0.3, -0.25) is 0 Å². The number of fused-ring (bicyclic) bond motifs is 1. The minimum absolute atomic E-state index is 0.153. The Balaban J connectivity index is 2.09. The van der Waals surface area contributed by atoms with Gasteiger partial charge in [-0.15, -0.1) is 11.6 Å². The minimum Gasteiger partial charge on any atom is -0.307 e. The predicted molar refractivity (Wildman–Crippen MR) is 85.0 cm³/mol. The first kappa shape index (κ1) is 13.6. The number of hydrogen-bond donors (Lipinski definition) is 0. The topological polar surface area (TPSA) is 30.7 Å². The van der Waals surface area contributed by atoms with E-state index in [0.29, 0.717) is 6.54 Å². The molecule has 0 aliphatic rings. The van der Waals surface area contributed by atoms with Crippen LogP contribution in [0.3, 0.4) is 0 Å². The fraction of sp³-hybridized carbons (Fsp3) is 0.200. The Kier molecular flexibility index (Phi) is 3.76. The number of alkyl halides is 1. The van der Waals surface area contributed by atoms with E-state index in [1.807, 2.05) is 31.2 Å². The van der Waals surface area contributed by atoms with Crippen molar-refractivity contribution in [1.82, 2.24) is 14.5 Å². The zero-order chi connectivity index (χ0) is 14.1. The quantitative estimate of drug-likeness (QED) is 0.649. The molecule has 5 heteroatoms. The van der Waals surface area contributed by atoms with E-state index in [1.165, 1.54) is 5.56 Å². The molecule has 0 fully saturated rings. The van der Waals surface area contributed by atoms with Crippen molar-refractivity contribution in [3.05, 3.63) is 58.5 Å². The highest BCUT2D eigenvalue weighted by atomic mass is 79.9. The second-order valence-corrected chi connectivity index (χ2v) is 6.22. The highest BCUT2D eigenvalue weighted by molar-refractivity contribution is 9.10. The van der Waals surface area contributed by atoms with Crippen LogP contribution in [0.15, 0.2) is 47.1 Å². The van der Waals surface area contributed by atoms with Gasteiger partial charge in [0.05, 0.1) is 11.9 Å². The van der Waals surface area contributed by atoms with Gasteiger partial charge >= 0.3 is 0 Å². The summed E-state index contributed by atoms with van der Waals surface area (Å²) in [5, 5.41) is -0.153. The highest BCUT2D eigenvalue weighted by Gasteiger charge is 2.15. The lowest BCUT2D eigenvalue weighted by Crippen LogP contribution is -2.06. The maximum atomic E-state index is 6.25. The van der Waals surface area contributed by atoms with E-state index in [1.54, 1.807) is 6.20 Å². The summed E-state index contributed by atoms with van der Waals surface area (Å²) >= 11 is 9.70. The van der Waals surface area contributed by atoms with E-state index in [-0.39, 0.29) is 5.38 Å². The molecule has 0 aliphatic heterocycles. The van der Waals surface area contributed by atoms with Gasteiger partial charge in [0, 0.05) is 10.7 Å². The van der Waals surface area contributed by atoms with Crippen LogP contribution in [0.4, 0.5) is 0 Å². The van der Waals surface area contributed by atoms with Crippen molar-refractivity contribution in [2.75, 3.05) is 0 Å². The molecule has 3 rings (SSSR count). The molecule has 0 amide bonds. The van der Waals surface area contributed by atoms with Crippen molar-refractivity contribution >= 4 is 38.7 Å². The molecule has 0 bridgehead atoms. The Bertz CT molecular complexity index is 734. The van der Waals surface area contributed by atoms with Gasteiger partial charge in [0.2, 0.25) is 0 Å². The number of aromatic nitrogens is 3. The summed E-state index contributed by atoms with van der Waals surface area (Å²) in [4.78, 5) is 9.02. The van der Waals surface area contributed by atoms with Crippen molar-refractivity contribution < 1.29 is 0 Å². The monoisotopic (exact) mass is 349 g/mol. The van der Waals surface area contributed by atoms with E-state index in [4.69, 9.17) is 11.6 Å². The van der Waals surface area contributed by atoms with Gasteiger partial charge in [-0.1, -0.05) is 28.1 Å². The smallest absolute Gasteiger partial charge is 0.160 e. The molecule has 3 aromatic rings. The van der Waals surface area contributed by atoms with Gasteiger partial charge in [-0.25, -0.2) is 9.97 Å². The summed E-state index contributed by atoms with van der Waals surface area (Å²) in [7, 11) is 0. The van der Waals surface area contributed by atoms with Crippen LogP contribution in [0.2, 0.25) is 0 Å². The molecule has 2 heterocycles. The van der Waals surface area contributed by atoms with E-state index >= 15 is 0 Å². The zero-order valence-electron chi connectivity index (χ0n) is 10.9. The number of imidazole rings is 1. The number of pyridine rings is 1. The SMILES string of the molecule is CC(Cl)c1nc2cccnc2n1Cc1ccc(Br)cc1. The van der Waals surface area contributed by atoms with E-state index in [2.05, 4.69) is 42.6 Å². The first-order valence-corrected chi connectivity index (χ1v) is 7.58. The van der Waals surface area contributed by atoms with Crippen LogP contribution >= 0.6 is 27.5 Å². The van der Waals surface area contributed by atoms with E-state index in [9.17, 15) is 0 Å². The fourth-order valence-corrected chi connectivity index (χ4v) is 2.64. The van der Waals surface area contributed by atoms with Crippen molar-refractivity contribution in [1.29, 1.82) is 0 Å². The average molecular weight is 351 g/mol. The van der Waals surface area contributed by atoms with Crippen LogP contribution in [0.1, 0.15) is 23.7 Å². The molecule has 1 unspecified atom stereocenters. The summed E-state index contributed by atoms with van der Waals surface area (Å²) in [6, 6.07) is 12.1. The third-order valence-electron chi connectivity index (χ3n) is 3.14. The van der Waals surface area contributed by atoms with Gasteiger partial charge in [0.1, 0.15) is 11.3 Å². The predicted octanol–water partition coefficient (Wildman–Crippen LogP) is 4.54. The first-order valence-electron chi connectivity index (χ1n) is 6.35. The summed E-state index contributed by atoms with van der Waals surface area (Å²) in [6.45, 7) is 2.65. The van der Waals surface area contributed by atoms with Gasteiger partial charge in [0.15, 0.2) is 5.65 Å². The van der Waals surface area contributed by atoms with Crippen molar-refractivity contribution in [3.63, 3.8) is 0 Å². The standard InChI is InChI=1S/C15H13BrClN3/c1-10(17)14-19-13-3-2-8-18-15(13)20(14)9-11-4-6-12(16)7-5-11/h2-8,10H,9H2,1H3. The Labute approximate surface area is 130 Å². The fourth-order valence-electron chi connectivity index (χ4n) is 2.21. The molecule has 20 heavy (non-hydrogen) atoms. The molecule has 1 aromatic carbocycles. The van der Waals surface area contributed by atoms with Gasteiger partial charge in [-0.05, 0) is 36.8 Å². The lowest BCUT2D eigenvalue weighted by Gasteiger charge is -2.10. The van der Waals surface area contributed by atoms with Crippen molar-refractivity contribution in [3.8, 4) is 0 Å². The number of hydrogen-bond acceptors (Lipinski definition) is 2. The van der Waals surface area contributed by atoms with Gasteiger partial charge in [-0.2, -0.15) is 0 Å². The molecule has 0 aliphatic carbocycles. The van der Waals surface area contributed by atoms with Gasteiger partial charge < -0.3 is 4.57 Å². The largest absolute Gasteiger partial charge is 0.307 e. The number of benzene rings is 1. The number of rotatable bonds is 3. The Morgan fingerprint density at radius 1 is 1.25 bits per heavy atom. The molecule has 0 N–H and O–H groups in total. The summed E-state index contributed by atoms with van der Waals surface area (Å²) in [5.74, 6) is 0.850. The molecule has 0 radical (unpaired) electrons. The minimum atomic E-state index is -0.153. The van der Waals surface area contributed by atoms with Crippen LogP contribution in [-0.4, -0.2) is 14.5 Å². The molecular formula is C15H13BrClN3. The Morgan fingerprint density at radius 3 is 2.70 bits per heavy atom. The maximum Gasteiger partial charge on any atom is 0.160 e. The van der Waals surface area contributed by atoms with E-state index in [0.717, 1.165) is 21.5 Å². The molecule has 0 spiro atoms. The molecule has 3 nitrogen and oxygen atoms in total. The maximum absolute atomic E-state index is 6.25. The number of nitrogens with zero attached hydrogens (tertiary/aromatic N) is 3. The lowest BCUT2D eigenvalue weighted by molar-refractivity contribution is 0.736. The lowest BCUT2D eigenvalue weighted by atomic mass is 10.2. The summed E-state index contributed by atoms with van der Waals surface area (Å²) in [5.41, 5.74) is 2.95. The third kappa shape index (κ3) is 2.58. The number of halogens is 2. The average Bonchev–Trinajstić information content (AvgIpc) is 2.81. The van der Waals surface area contributed by atoms with Crippen LogP contribution in [-0.2, 0) is 6.54 Å². The third-order valence-corrected chi connectivity index (χ3v) is 3.87. The molecule has 0 saturated carbocycles. The molecule has 102 valence electrons. The molecule has 0 saturated heterocycles. The van der Waals surface area contributed by atoms with Crippen LogP contribution in [0.25, 0.3) is 11.2 Å². The van der Waals surface area contributed by atoms with Crippen molar-refractivity contribution in [2.24, 2.45) is 0 Å². The van der Waals surface area contributed by atoms with Crippen molar-refractivity contribution in [2.45, 2.75) is 18.8 Å². The second-order valence-electron chi connectivity index (χ2n) is 4.64. The summed E-state index contributed by atoms with van der Waals surface area (Å²) in [6.07, 6.45) is 1.78. The first-order chi connectivity index (χ1) is 9.65. The molecule has 1 atom stereocenters. The summed E-state index contributed by atoms with van der Waals surface area (Å²) < 4.78 is 3.15. The van der Waals surface area contributed by atoms with Crippen LogP contribution in [0, 0.1) is 0 Å². The Hall–Kier alpha value is -1.39. The Morgan fingerprint density at radius 2 is 2.00 bits per heavy atom. The van der Waals surface area contributed by atoms with Gasteiger partial charge in [0.25, 0.3) is 0 Å². The molecule has 2 aromatic heterocycles. The van der Waals surface area contributed by atoms with E-state index < -0.39 is 0 Å². The zero-order valence-corrected chi connectivity index (χ0v) is 13.3. The second kappa shape index (κ2) is 5.54.